The number of nitrogens with one attached hydrogen (secondary N) is 1. The van der Waals surface area contributed by atoms with Crippen molar-refractivity contribution in [2.75, 3.05) is 30.8 Å². The van der Waals surface area contributed by atoms with Crippen LogP contribution in [0.15, 0.2) is 41.3 Å². The molecule has 0 fully saturated rings. The van der Waals surface area contributed by atoms with Gasteiger partial charge in [0.05, 0.1) is 29.2 Å². The molecule has 8 nitrogen and oxygen atoms in total. The maximum atomic E-state index is 15.2. The number of carbonyl (C=O) groups is 1. The van der Waals surface area contributed by atoms with E-state index in [0.29, 0.717) is 25.1 Å². The number of aromatic nitrogens is 1. The number of nitrogens with zero attached hydrogens (tertiary/aromatic N) is 1. The molecule has 4 rings (SSSR count). The second-order valence-corrected chi connectivity index (χ2v) is 7.75. The zero-order valence-electron chi connectivity index (χ0n) is 17.7. The molecule has 0 bridgehead atoms. The molecule has 0 aliphatic carbocycles. The molecule has 0 saturated heterocycles. The fraction of sp³-hybridized carbons (Fsp3) is 0.304. The van der Waals surface area contributed by atoms with Gasteiger partial charge in [-0.3, -0.25) is 9.59 Å². The molecule has 2 aromatic carbocycles. The first-order chi connectivity index (χ1) is 15.4. The van der Waals surface area contributed by atoms with Crippen LogP contribution >= 0.6 is 0 Å². The lowest BCUT2D eigenvalue weighted by Gasteiger charge is -2.29. The molecule has 1 aromatic heterocycles. The number of carbonyl (C=O) groups excluding carboxylic acids is 1. The molecular weight excluding hydrogens is 415 g/mol. The number of benzene rings is 2. The Morgan fingerprint density at radius 1 is 1.31 bits per heavy atom. The number of pyridine rings is 1. The lowest BCUT2D eigenvalue weighted by molar-refractivity contribution is 0.0998. The van der Waals surface area contributed by atoms with E-state index in [9.17, 15) is 9.59 Å². The van der Waals surface area contributed by atoms with Gasteiger partial charge in [0, 0.05) is 12.7 Å². The number of hydrogen-bond donors (Lipinski definition) is 3. The minimum atomic E-state index is -0.888. The van der Waals surface area contributed by atoms with Gasteiger partial charge in [-0.1, -0.05) is 18.2 Å². The van der Waals surface area contributed by atoms with E-state index in [4.69, 9.17) is 20.9 Å². The number of hydrogen-bond acceptors (Lipinski definition) is 6. The van der Waals surface area contributed by atoms with Crippen LogP contribution in [-0.2, 0) is 0 Å². The Labute approximate surface area is 183 Å². The smallest absolute Gasteiger partial charge is 0.254 e. The van der Waals surface area contributed by atoms with E-state index >= 15 is 4.39 Å². The minimum Gasteiger partial charge on any atom is -0.494 e. The molecule has 0 saturated carbocycles. The van der Waals surface area contributed by atoms with Crippen LogP contribution in [0, 0.1) is 5.82 Å². The summed E-state index contributed by atoms with van der Waals surface area (Å²) in [5.41, 5.74) is 10.5. The van der Waals surface area contributed by atoms with Crippen LogP contribution in [0.2, 0.25) is 0 Å². The number of para-hydroxylation sites is 1. The quantitative estimate of drug-likeness (QED) is 0.366. The summed E-state index contributed by atoms with van der Waals surface area (Å²) in [7, 11) is 0. The fourth-order valence-corrected chi connectivity index (χ4v) is 3.83. The Hall–Kier alpha value is -3.75. The molecule has 1 atom stereocenters. The summed E-state index contributed by atoms with van der Waals surface area (Å²) in [6.07, 6.45) is 2.87. The van der Waals surface area contributed by atoms with Gasteiger partial charge in [0.1, 0.15) is 23.6 Å². The highest BCUT2D eigenvalue weighted by Gasteiger charge is 2.30. The van der Waals surface area contributed by atoms with Crippen LogP contribution in [0.1, 0.15) is 36.2 Å². The Balaban J connectivity index is 1.58. The van der Waals surface area contributed by atoms with E-state index in [0.717, 1.165) is 12.2 Å². The summed E-state index contributed by atoms with van der Waals surface area (Å²) in [5, 5.41) is 2.96. The van der Waals surface area contributed by atoms with Crippen LogP contribution < -0.4 is 31.7 Å². The fourth-order valence-electron chi connectivity index (χ4n) is 3.83. The second kappa shape index (κ2) is 8.78. The Morgan fingerprint density at radius 3 is 2.78 bits per heavy atom. The predicted molar refractivity (Wildman–Crippen MR) is 121 cm³/mol. The molecule has 0 radical (unpaired) electrons. The predicted octanol–water partition coefficient (Wildman–Crippen LogP) is 3.05. The number of anilines is 2. The number of rotatable bonds is 8. The monoisotopic (exact) mass is 440 g/mol. The first kappa shape index (κ1) is 21.5. The Kier molecular flexibility index (Phi) is 5.89. The molecule has 9 heteroatoms. The SMILES string of the molecule is CC1COc2c(NCCCCOc3ccccc3)c(F)c(N)c3c(=O)c(C(N)=O)cn1c23. The zero-order chi connectivity index (χ0) is 22.8. The summed E-state index contributed by atoms with van der Waals surface area (Å²) in [5.74, 6) is -0.666. The van der Waals surface area contributed by atoms with Gasteiger partial charge in [0.15, 0.2) is 11.6 Å². The summed E-state index contributed by atoms with van der Waals surface area (Å²) in [6.45, 7) is 3.09. The minimum absolute atomic E-state index is 0.0952. The third kappa shape index (κ3) is 3.81. The lowest BCUT2D eigenvalue weighted by Crippen LogP contribution is -2.30. The van der Waals surface area contributed by atoms with E-state index in [1.54, 1.807) is 4.57 Å². The van der Waals surface area contributed by atoms with Gasteiger partial charge in [-0.25, -0.2) is 4.39 Å². The topological polar surface area (TPSA) is 122 Å². The number of primary amides is 1. The molecule has 1 unspecified atom stereocenters. The highest BCUT2D eigenvalue weighted by atomic mass is 19.1. The van der Waals surface area contributed by atoms with Gasteiger partial charge in [0.2, 0.25) is 5.43 Å². The average molecular weight is 440 g/mol. The number of unbranched alkanes of at least 4 members (excludes halogenated alkanes) is 1. The van der Waals surface area contributed by atoms with Gasteiger partial charge < -0.3 is 30.8 Å². The highest BCUT2D eigenvalue weighted by Crippen LogP contribution is 2.43. The number of nitrogen functional groups attached to an aromatic ring is 1. The summed E-state index contributed by atoms with van der Waals surface area (Å²) in [6, 6.07) is 9.31. The summed E-state index contributed by atoms with van der Waals surface area (Å²) in [4.78, 5) is 24.5. The van der Waals surface area contributed by atoms with E-state index < -0.39 is 17.2 Å². The van der Waals surface area contributed by atoms with Crippen molar-refractivity contribution in [3.63, 3.8) is 0 Å². The van der Waals surface area contributed by atoms with Crippen molar-refractivity contribution in [3.8, 4) is 11.5 Å². The normalized spacial score (nSPS) is 14.8. The van der Waals surface area contributed by atoms with E-state index in [2.05, 4.69) is 5.32 Å². The average Bonchev–Trinajstić information content (AvgIpc) is 2.78. The Morgan fingerprint density at radius 2 is 2.06 bits per heavy atom. The van der Waals surface area contributed by atoms with Crippen molar-refractivity contribution in [1.29, 1.82) is 0 Å². The first-order valence-electron chi connectivity index (χ1n) is 10.4. The molecule has 5 N–H and O–H groups in total. The standard InChI is InChI=1S/C23H25FN4O4/c1-13-12-32-22-19(27-9-5-6-10-31-14-7-3-2-4-8-14)17(24)18(25)16-20(22)28(13)11-15(21(16)29)23(26)30/h2-4,7-8,11,13,27H,5-6,9-10,12,25H2,1H3,(H2,26,30). The number of halogens is 1. The summed E-state index contributed by atoms with van der Waals surface area (Å²) >= 11 is 0. The second-order valence-electron chi connectivity index (χ2n) is 7.75. The third-order valence-electron chi connectivity index (χ3n) is 5.50. The van der Waals surface area contributed by atoms with Crippen molar-refractivity contribution >= 4 is 28.2 Å². The number of ether oxygens (including phenoxy) is 2. The highest BCUT2D eigenvalue weighted by molar-refractivity contribution is 6.04. The van der Waals surface area contributed by atoms with Gasteiger partial charge in [-0.15, -0.1) is 0 Å². The van der Waals surface area contributed by atoms with Crippen molar-refractivity contribution in [2.24, 2.45) is 5.73 Å². The molecule has 2 heterocycles. The van der Waals surface area contributed by atoms with E-state index in [1.807, 2.05) is 37.3 Å². The van der Waals surface area contributed by atoms with Crippen molar-refractivity contribution < 1.29 is 18.7 Å². The lowest BCUT2D eigenvalue weighted by atomic mass is 10.0. The van der Waals surface area contributed by atoms with Crippen molar-refractivity contribution in [2.45, 2.75) is 25.8 Å². The van der Waals surface area contributed by atoms with Gasteiger partial charge in [-0.2, -0.15) is 0 Å². The molecule has 0 spiro atoms. The molecule has 1 aliphatic heterocycles. The summed E-state index contributed by atoms with van der Waals surface area (Å²) < 4.78 is 28.4. The van der Waals surface area contributed by atoms with Gasteiger partial charge in [0.25, 0.3) is 5.91 Å². The zero-order valence-corrected chi connectivity index (χ0v) is 17.7. The van der Waals surface area contributed by atoms with Gasteiger partial charge >= 0.3 is 0 Å². The van der Waals surface area contributed by atoms with E-state index in [-0.39, 0.29) is 40.7 Å². The van der Waals surface area contributed by atoms with Crippen LogP contribution in [0.5, 0.6) is 11.5 Å². The number of nitrogens with two attached hydrogens (primary N) is 2. The van der Waals surface area contributed by atoms with Crippen molar-refractivity contribution in [3.05, 3.63) is 58.1 Å². The van der Waals surface area contributed by atoms with E-state index in [1.165, 1.54) is 6.20 Å². The largest absolute Gasteiger partial charge is 0.494 e. The van der Waals surface area contributed by atoms with Crippen LogP contribution in [0.3, 0.4) is 0 Å². The third-order valence-corrected chi connectivity index (χ3v) is 5.50. The maximum absolute atomic E-state index is 15.2. The molecule has 1 amide bonds. The Bertz CT molecular complexity index is 1230. The molecule has 168 valence electrons. The number of amides is 1. The molecular formula is C23H25FN4O4. The van der Waals surface area contributed by atoms with Crippen LogP contribution in [0.25, 0.3) is 10.9 Å². The molecule has 32 heavy (non-hydrogen) atoms. The van der Waals surface area contributed by atoms with Gasteiger partial charge in [-0.05, 0) is 31.9 Å². The first-order valence-corrected chi connectivity index (χ1v) is 10.4. The molecule has 1 aliphatic rings. The maximum Gasteiger partial charge on any atom is 0.254 e. The molecule has 3 aromatic rings. The van der Waals surface area contributed by atoms with Crippen LogP contribution in [0.4, 0.5) is 15.8 Å². The van der Waals surface area contributed by atoms with Crippen LogP contribution in [-0.4, -0.2) is 30.2 Å². The van der Waals surface area contributed by atoms with Crippen molar-refractivity contribution in [1.82, 2.24) is 4.57 Å².